The highest BCUT2D eigenvalue weighted by atomic mass is 35.5. The van der Waals surface area contributed by atoms with Crippen molar-refractivity contribution >= 4 is 34.7 Å². The van der Waals surface area contributed by atoms with E-state index < -0.39 is 5.60 Å². The number of hydrogen-bond acceptors (Lipinski definition) is 6. The number of hydrogen-bond donors (Lipinski definition) is 1. The molecule has 0 saturated carbocycles. The molecule has 2 aromatic heterocycles. The van der Waals surface area contributed by atoms with Crippen LogP contribution in [0.1, 0.15) is 13.8 Å². The molecule has 0 amide bonds. The number of halogens is 1. The quantitative estimate of drug-likeness (QED) is 0.875. The molecule has 0 aliphatic rings. The summed E-state index contributed by atoms with van der Waals surface area (Å²) < 4.78 is 6.14. The van der Waals surface area contributed by atoms with Crippen LogP contribution in [0.2, 0.25) is 4.34 Å². The molecule has 92 valence electrons. The van der Waals surface area contributed by atoms with E-state index in [0.29, 0.717) is 21.2 Å². The van der Waals surface area contributed by atoms with Gasteiger partial charge in [0.25, 0.3) is 11.1 Å². The van der Waals surface area contributed by atoms with Gasteiger partial charge in [0.1, 0.15) is 0 Å². The van der Waals surface area contributed by atoms with Gasteiger partial charge in [0.05, 0.1) is 14.8 Å². The average Bonchev–Trinajstić information content (AvgIpc) is 2.81. The number of nitrogens with zero attached hydrogens (tertiary/aromatic N) is 2. The maximum Gasteiger partial charge on any atom is 0.276 e. The lowest BCUT2D eigenvalue weighted by molar-refractivity contribution is 0.106. The largest absolute Gasteiger partial charge is 0.410 e. The highest BCUT2D eigenvalue weighted by molar-refractivity contribution is 7.99. The molecule has 7 heteroatoms. The van der Waals surface area contributed by atoms with Crippen LogP contribution in [0, 0.1) is 0 Å². The molecule has 0 aliphatic heterocycles. The second kappa shape index (κ2) is 4.97. The molecule has 4 nitrogen and oxygen atoms in total. The van der Waals surface area contributed by atoms with Crippen molar-refractivity contribution in [3.05, 3.63) is 16.5 Å². The molecule has 2 heterocycles. The van der Waals surface area contributed by atoms with E-state index in [4.69, 9.17) is 16.0 Å². The zero-order valence-corrected chi connectivity index (χ0v) is 11.7. The van der Waals surface area contributed by atoms with Crippen LogP contribution in [-0.4, -0.2) is 26.7 Å². The van der Waals surface area contributed by atoms with Crippen LogP contribution in [0.5, 0.6) is 0 Å². The molecule has 2 rings (SSSR count). The average molecular weight is 291 g/mol. The minimum atomic E-state index is -0.758. The maximum absolute atomic E-state index is 9.58. The first-order chi connectivity index (χ1) is 7.94. The van der Waals surface area contributed by atoms with Gasteiger partial charge >= 0.3 is 0 Å². The molecular weight excluding hydrogens is 280 g/mol. The second-order valence-electron chi connectivity index (χ2n) is 4.08. The first-order valence-corrected chi connectivity index (χ1v) is 7.06. The van der Waals surface area contributed by atoms with E-state index in [0.717, 1.165) is 4.88 Å². The lowest BCUT2D eigenvalue weighted by Crippen LogP contribution is -2.21. The lowest BCUT2D eigenvalue weighted by atomic mass is 10.2. The molecule has 0 atom stereocenters. The topological polar surface area (TPSA) is 59.2 Å². The Morgan fingerprint density at radius 3 is 2.82 bits per heavy atom. The number of rotatable bonds is 4. The molecule has 1 N–H and O–H groups in total. The van der Waals surface area contributed by atoms with E-state index in [1.807, 2.05) is 6.07 Å². The van der Waals surface area contributed by atoms with Gasteiger partial charge in [-0.25, -0.2) is 0 Å². The van der Waals surface area contributed by atoms with Gasteiger partial charge < -0.3 is 9.52 Å². The maximum atomic E-state index is 9.58. The fourth-order valence-electron chi connectivity index (χ4n) is 1.04. The molecule has 0 radical (unpaired) electrons. The predicted octanol–water partition coefficient (Wildman–Crippen LogP) is 3.31. The summed E-state index contributed by atoms with van der Waals surface area (Å²) in [6.07, 6.45) is 0. The monoisotopic (exact) mass is 290 g/mol. The zero-order valence-electron chi connectivity index (χ0n) is 9.31. The Labute approximate surface area is 112 Å². The predicted molar refractivity (Wildman–Crippen MR) is 69.6 cm³/mol. The first kappa shape index (κ1) is 12.9. The van der Waals surface area contributed by atoms with Gasteiger partial charge in [0, 0.05) is 5.75 Å². The standard InChI is InChI=1S/C10H11ClN2O2S2/c1-10(2,14)5-16-9-13-12-8(15-9)6-3-4-7(11)17-6/h3-4,14H,5H2,1-2H3. The molecule has 0 aliphatic carbocycles. The molecule has 0 unspecified atom stereocenters. The molecule has 0 saturated heterocycles. The highest BCUT2D eigenvalue weighted by Gasteiger charge is 2.16. The van der Waals surface area contributed by atoms with Gasteiger partial charge in [-0.05, 0) is 26.0 Å². The molecule has 0 bridgehead atoms. The van der Waals surface area contributed by atoms with Gasteiger partial charge in [-0.3, -0.25) is 0 Å². The van der Waals surface area contributed by atoms with Gasteiger partial charge in [-0.15, -0.1) is 21.5 Å². The summed E-state index contributed by atoms with van der Waals surface area (Å²) in [7, 11) is 0. The molecular formula is C10H11ClN2O2S2. The van der Waals surface area contributed by atoms with E-state index in [-0.39, 0.29) is 0 Å². The summed E-state index contributed by atoms with van der Waals surface area (Å²) in [6.45, 7) is 3.46. The van der Waals surface area contributed by atoms with Crippen molar-refractivity contribution in [2.45, 2.75) is 24.7 Å². The Bertz CT molecular complexity index is 504. The van der Waals surface area contributed by atoms with E-state index in [1.165, 1.54) is 23.1 Å². The minimum absolute atomic E-state index is 0.451. The third-order valence-corrected chi connectivity index (χ3v) is 4.22. The Kier molecular flexibility index (Phi) is 3.77. The van der Waals surface area contributed by atoms with Gasteiger partial charge in [-0.1, -0.05) is 23.4 Å². The van der Waals surface area contributed by atoms with Crippen LogP contribution in [-0.2, 0) is 0 Å². The van der Waals surface area contributed by atoms with E-state index >= 15 is 0 Å². The van der Waals surface area contributed by atoms with Crippen LogP contribution in [0.25, 0.3) is 10.8 Å². The molecule has 0 spiro atoms. The van der Waals surface area contributed by atoms with Crippen LogP contribution in [0.4, 0.5) is 0 Å². The molecule has 0 aromatic carbocycles. The zero-order chi connectivity index (χ0) is 12.5. The Hall–Kier alpha value is -0.560. The normalized spacial score (nSPS) is 12.0. The summed E-state index contributed by atoms with van der Waals surface area (Å²) >= 11 is 8.55. The highest BCUT2D eigenvalue weighted by Crippen LogP contribution is 2.31. The summed E-state index contributed by atoms with van der Waals surface area (Å²) in [4.78, 5) is 0.845. The van der Waals surface area contributed by atoms with Crippen molar-refractivity contribution < 1.29 is 9.52 Å². The minimum Gasteiger partial charge on any atom is -0.410 e. The van der Waals surface area contributed by atoms with Gasteiger partial charge in [0.2, 0.25) is 0 Å². The summed E-state index contributed by atoms with van der Waals surface area (Å²) in [5.41, 5.74) is -0.758. The Morgan fingerprint density at radius 2 is 2.24 bits per heavy atom. The van der Waals surface area contributed by atoms with Crippen LogP contribution in [0.3, 0.4) is 0 Å². The van der Waals surface area contributed by atoms with Crippen LogP contribution < -0.4 is 0 Å². The lowest BCUT2D eigenvalue weighted by Gasteiger charge is -2.13. The van der Waals surface area contributed by atoms with Crippen LogP contribution >= 0.6 is 34.7 Å². The summed E-state index contributed by atoms with van der Waals surface area (Å²) in [6, 6.07) is 3.63. The fourth-order valence-corrected chi connectivity index (χ4v) is 2.71. The number of aromatic nitrogens is 2. The third-order valence-electron chi connectivity index (χ3n) is 1.74. The fraction of sp³-hybridized carbons (Fsp3) is 0.400. The summed E-state index contributed by atoms with van der Waals surface area (Å²) in [5.74, 6) is 0.958. The van der Waals surface area contributed by atoms with Gasteiger partial charge in [0.15, 0.2) is 0 Å². The van der Waals surface area contributed by atoms with E-state index in [9.17, 15) is 5.11 Å². The van der Waals surface area contributed by atoms with Crippen molar-refractivity contribution in [3.63, 3.8) is 0 Å². The van der Waals surface area contributed by atoms with E-state index in [2.05, 4.69) is 10.2 Å². The van der Waals surface area contributed by atoms with Crippen LogP contribution in [0.15, 0.2) is 21.8 Å². The third kappa shape index (κ3) is 3.70. The molecule has 2 aromatic rings. The van der Waals surface area contributed by atoms with Crippen molar-refractivity contribution in [2.24, 2.45) is 0 Å². The van der Waals surface area contributed by atoms with Crippen molar-refractivity contribution in [1.82, 2.24) is 10.2 Å². The molecule has 17 heavy (non-hydrogen) atoms. The van der Waals surface area contributed by atoms with E-state index in [1.54, 1.807) is 19.9 Å². The van der Waals surface area contributed by atoms with Gasteiger partial charge in [-0.2, -0.15) is 0 Å². The number of thioether (sulfide) groups is 1. The SMILES string of the molecule is CC(C)(O)CSc1nnc(-c2ccc(Cl)s2)o1. The van der Waals surface area contributed by atoms with Crippen molar-refractivity contribution in [2.75, 3.05) is 5.75 Å². The molecule has 0 fully saturated rings. The smallest absolute Gasteiger partial charge is 0.276 e. The number of aliphatic hydroxyl groups is 1. The summed E-state index contributed by atoms with van der Waals surface area (Å²) in [5, 5.41) is 17.9. The van der Waals surface area contributed by atoms with Crippen molar-refractivity contribution in [3.8, 4) is 10.8 Å². The Morgan fingerprint density at radius 1 is 1.47 bits per heavy atom. The first-order valence-electron chi connectivity index (χ1n) is 4.88. The second-order valence-corrected chi connectivity index (χ2v) is 6.72. The van der Waals surface area contributed by atoms with Crippen molar-refractivity contribution in [1.29, 1.82) is 0 Å². The Balaban J connectivity index is 2.06. The number of thiophene rings is 1.